The third-order valence-corrected chi connectivity index (χ3v) is 6.73. The van der Waals surface area contributed by atoms with Crippen LogP contribution in [0.25, 0.3) is 0 Å². The number of anilines is 3. The number of benzene rings is 3. The Morgan fingerprint density at radius 3 is 2.19 bits per heavy atom. The fraction of sp³-hybridized carbons (Fsp3) is 0.208. The summed E-state index contributed by atoms with van der Waals surface area (Å²) in [6.45, 7) is 2.08. The van der Waals surface area contributed by atoms with E-state index in [1.165, 1.54) is 49.6 Å². The van der Waals surface area contributed by atoms with E-state index >= 15 is 0 Å². The molecule has 0 saturated carbocycles. The van der Waals surface area contributed by atoms with E-state index in [0.29, 0.717) is 5.69 Å². The maximum absolute atomic E-state index is 13.1. The monoisotopic (exact) mass is 453 g/mol. The molecule has 2 N–H and O–H groups in total. The van der Waals surface area contributed by atoms with Crippen LogP contribution in [0.2, 0.25) is 0 Å². The number of piperidine rings is 1. The third-order valence-electron chi connectivity index (χ3n) is 5.35. The Morgan fingerprint density at radius 2 is 1.50 bits per heavy atom. The van der Waals surface area contributed by atoms with Gasteiger partial charge in [0.05, 0.1) is 4.90 Å². The minimum atomic E-state index is -3.93. The first-order chi connectivity index (χ1) is 15.4. The van der Waals surface area contributed by atoms with Gasteiger partial charge in [-0.2, -0.15) is 0 Å². The van der Waals surface area contributed by atoms with Gasteiger partial charge in [0.25, 0.3) is 15.9 Å². The average molecular weight is 454 g/mol. The van der Waals surface area contributed by atoms with Crippen LogP contribution in [0.1, 0.15) is 29.6 Å². The Kier molecular flexibility index (Phi) is 6.41. The molecule has 1 aliphatic rings. The van der Waals surface area contributed by atoms with Crippen LogP contribution in [0.5, 0.6) is 0 Å². The zero-order valence-corrected chi connectivity index (χ0v) is 18.2. The fourth-order valence-corrected chi connectivity index (χ4v) is 4.75. The SMILES string of the molecule is O=C(Nc1ccc(N2CCCCC2)cc1)c1cccc(S(=O)(=O)Nc2ccc(F)cc2)c1. The molecular weight excluding hydrogens is 429 g/mol. The van der Waals surface area contributed by atoms with Crippen molar-refractivity contribution in [3.05, 3.63) is 84.2 Å². The highest BCUT2D eigenvalue weighted by Crippen LogP contribution is 2.23. The standard InChI is InChI=1S/C24H24FN3O3S/c25-19-7-9-21(10-8-19)27-32(30,31)23-6-4-5-18(17-23)24(29)26-20-11-13-22(14-12-20)28-15-2-1-3-16-28/h4-14,17,27H,1-3,15-16H2,(H,26,29). The van der Waals surface area contributed by atoms with E-state index in [9.17, 15) is 17.6 Å². The van der Waals surface area contributed by atoms with Crippen molar-refractivity contribution in [3.8, 4) is 0 Å². The lowest BCUT2D eigenvalue weighted by Gasteiger charge is -2.28. The molecule has 0 radical (unpaired) electrons. The van der Waals surface area contributed by atoms with Crippen molar-refractivity contribution in [2.45, 2.75) is 24.2 Å². The van der Waals surface area contributed by atoms with E-state index in [1.54, 1.807) is 6.07 Å². The molecule has 1 fully saturated rings. The molecule has 0 bridgehead atoms. The van der Waals surface area contributed by atoms with Gasteiger partial charge in [-0.1, -0.05) is 6.07 Å². The van der Waals surface area contributed by atoms with Crippen LogP contribution in [0.3, 0.4) is 0 Å². The van der Waals surface area contributed by atoms with Gasteiger partial charge in [-0.3, -0.25) is 9.52 Å². The van der Waals surface area contributed by atoms with E-state index in [-0.39, 0.29) is 16.1 Å². The lowest BCUT2D eigenvalue weighted by molar-refractivity contribution is 0.102. The van der Waals surface area contributed by atoms with Gasteiger partial charge in [0.15, 0.2) is 0 Å². The lowest BCUT2D eigenvalue weighted by atomic mass is 10.1. The summed E-state index contributed by atoms with van der Waals surface area (Å²) >= 11 is 0. The molecule has 0 aliphatic carbocycles. The van der Waals surface area contributed by atoms with Crippen molar-refractivity contribution in [1.29, 1.82) is 0 Å². The highest BCUT2D eigenvalue weighted by molar-refractivity contribution is 7.92. The number of hydrogen-bond donors (Lipinski definition) is 2. The van der Waals surface area contributed by atoms with Crippen LogP contribution in [-0.4, -0.2) is 27.4 Å². The zero-order valence-electron chi connectivity index (χ0n) is 17.4. The van der Waals surface area contributed by atoms with Gasteiger partial charge >= 0.3 is 0 Å². The molecule has 1 aliphatic heterocycles. The minimum Gasteiger partial charge on any atom is -0.372 e. The summed E-state index contributed by atoms with van der Waals surface area (Å²) in [5, 5.41) is 2.81. The summed E-state index contributed by atoms with van der Waals surface area (Å²) < 4.78 is 40.8. The van der Waals surface area contributed by atoms with E-state index in [2.05, 4.69) is 14.9 Å². The van der Waals surface area contributed by atoms with E-state index in [1.807, 2.05) is 24.3 Å². The normalized spacial score (nSPS) is 14.1. The third kappa shape index (κ3) is 5.26. The van der Waals surface area contributed by atoms with Gasteiger partial charge in [-0.05, 0) is 86.0 Å². The highest BCUT2D eigenvalue weighted by Gasteiger charge is 2.17. The molecule has 1 saturated heterocycles. The van der Waals surface area contributed by atoms with Crippen LogP contribution < -0.4 is 14.9 Å². The molecule has 0 aromatic heterocycles. The Labute approximate surface area is 187 Å². The summed E-state index contributed by atoms with van der Waals surface area (Å²) in [5.74, 6) is -0.870. The van der Waals surface area contributed by atoms with Crippen LogP contribution in [-0.2, 0) is 10.0 Å². The second-order valence-corrected chi connectivity index (χ2v) is 9.37. The topological polar surface area (TPSA) is 78.5 Å². The highest BCUT2D eigenvalue weighted by atomic mass is 32.2. The van der Waals surface area contributed by atoms with Crippen molar-refractivity contribution < 1.29 is 17.6 Å². The number of sulfonamides is 1. The quantitative estimate of drug-likeness (QED) is 0.558. The molecule has 6 nitrogen and oxygen atoms in total. The van der Waals surface area contributed by atoms with E-state index in [4.69, 9.17) is 0 Å². The Balaban J connectivity index is 1.45. The number of nitrogens with zero attached hydrogens (tertiary/aromatic N) is 1. The van der Waals surface area contributed by atoms with Gasteiger partial charge in [-0.25, -0.2) is 12.8 Å². The summed E-state index contributed by atoms with van der Waals surface area (Å²) in [5.41, 5.74) is 2.21. The van der Waals surface area contributed by atoms with Crippen molar-refractivity contribution in [3.63, 3.8) is 0 Å². The van der Waals surface area contributed by atoms with Crippen molar-refractivity contribution in [2.24, 2.45) is 0 Å². The van der Waals surface area contributed by atoms with Crippen LogP contribution in [0, 0.1) is 5.82 Å². The summed E-state index contributed by atoms with van der Waals surface area (Å²) in [7, 11) is -3.93. The summed E-state index contributed by atoms with van der Waals surface area (Å²) in [6.07, 6.45) is 3.64. The molecule has 32 heavy (non-hydrogen) atoms. The van der Waals surface area contributed by atoms with Gasteiger partial charge in [-0.15, -0.1) is 0 Å². The zero-order chi connectivity index (χ0) is 22.6. The van der Waals surface area contributed by atoms with Crippen LogP contribution >= 0.6 is 0 Å². The second-order valence-electron chi connectivity index (χ2n) is 7.69. The largest absolute Gasteiger partial charge is 0.372 e. The number of rotatable bonds is 6. The van der Waals surface area contributed by atoms with E-state index < -0.39 is 21.7 Å². The summed E-state index contributed by atoms with van der Waals surface area (Å²) in [4.78, 5) is 15.0. The first kappa shape index (κ1) is 21.8. The Bertz CT molecular complexity index is 1190. The molecule has 1 heterocycles. The van der Waals surface area contributed by atoms with Gasteiger partial charge in [0, 0.05) is 35.7 Å². The first-order valence-corrected chi connectivity index (χ1v) is 11.9. The maximum atomic E-state index is 13.1. The Morgan fingerprint density at radius 1 is 0.844 bits per heavy atom. The molecule has 0 spiro atoms. The maximum Gasteiger partial charge on any atom is 0.261 e. The van der Waals surface area contributed by atoms with Gasteiger partial charge < -0.3 is 10.2 Å². The molecule has 3 aromatic carbocycles. The molecule has 1 amide bonds. The summed E-state index contributed by atoms with van der Waals surface area (Å²) in [6, 6.07) is 18.4. The van der Waals surface area contributed by atoms with Gasteiger partial charge in [0.2, 0.25) is 0 Å². The number of carbonyl (C=O) groups excluding carboxylic acids is 1. The smallest absolute Gasteiger partial charge is 0.261 e. The van der Waals surface area contributed by atoms with Crippen molar-refractivity contribution >= 4 is 33.0 Å². The molecular formula is C24H24FN3O3S. The van der Waals surface area contributed by atoms with Crippen molar-refractivity contribution in [1.82, 2.24) is 0 Å². The molecule has 166 valence electrons. The number of nitrogens with one attached hydrogen (secondary N) is 2. The number of halogens is 1. The predicted molar refractivity (Wildman–Crippen MR) is 124 cm³/mol. The molecule has 0 unspecified atom stereocenters. The average Bonchev–Trinajstić information content (AvgIpc) is 2.81. The lowest BCUT2D eigenvalue weighted by Crippen LogP contribution is -2.29. The van der Waals surface area contributed by atoms with Gasteiger partial charge in [0.1, 0.15) is 5.82 Å². The number of hydrogen-bond acceptors (Lipinski definition) is 4. The van der Waals surface area contributed by atoms with Crippen molar-refractivity contribution in [2.75, 3.05) is 28.0 Å². The Hall–Kier alpha value is -3.39. The molecule has 3 aromatic rings. The van der Waals surface area contributed by atoms with Crippen LogP contribution in [0.15, 0.2) is 77.7 Å². The molecule has 4 rings (SSSR count). The fourth-order valence-electron chi connectivity index (χ4n) is 3.65. The minimum absolute atomic E-state index is 0.0603. The predicted octanol–water partition coefficient (Wildman–Crippen LogP) is 4.87. The van der Waals surface area contributed by atoms with E-state index in [0.717, 1.165) is 30.9 Å². The number of carbonyl (C=O) groups is 1. The molecule has 0 atom stereocenters. The second kappa shape index (κ2) is 9.40. The molecule has 8 heteroatoms. The first-order valence-electron chi connectivity index (χ1n) is 10.5. The van der Waals surface area contributed by atoms with Crippen LogP contribution in [0.4, 0.5) is 21.5 Å². The number of amides is 1.